The van der Waals surface area contributed by atoms with E-state index in [0.29, 0.717) is 12.3 Å². The summed E-state index contributed by atoms with van der Waals surface area (Å²) >= 11 is 5.51. The van der Waals surface area contributed by atoms with Gasteiger partial charge in [0.2, 0.25) is 0 Å². The second kappa shape index (κ2) is 8.03. The third-order valence-corrected chi connectivity index (χ3v) is 2.68. The zero-order chi connectivity index (χ0) is 13.4. The summed E-state index contributed by atoms with van der Waals surface area (Å²) in [4.78, 5) is 11.5. The number of esters is 1. The van der Waals surface area contributed by atoms with E-state index in [9.17, 15) is 13.6 Å². The second-order valence-electron chi connectivity index (χ2n) is 3.86. The molecular weight excluding hydrogens is 262 g/mol. The molecule has 0 saturated heterocycles. The molecule has 1 aromatic rings. The molecule has 0 aliphatic heterocycles. The predicted molar refractivity (Wildman–Crippen MR) is 65.8 cm³/mol. The van der Waals surface area contributed by atoms with Gasteiger partial charge in [-0.25, -0.2) is 13.6 Å². The molecule has 1 aromatic carbocycles. The Hall–Kier alpha value is -1.16. The minimum absolute atomic E-state index is 0.205. The van der Waals surface area contributed by atoms with E-state index in [4.69, 9.17) is 16.3 Å². The first-order chi connectivity index (χ1) is 8.65. The number of ether oxygens (including phenoxy) is 1. The van der Waals surface area contributed by atoms with Crippen LogP contribution < -0.4 is 0 Å². The first-order valence-corrected chi connectivity index (χ1v) is 6.36. The predicted octanol–water partition coefficient (Wildman–Crippen LogP) is 3.92. The van der Waals surface area contributed by atoms with Gasteiger partial charge in [0.25, 0.3) is 0 Å². The van der Waals surface area contributed by atoms with Gasteiger partial charge in [0.05, 0.1) is 12.2 Å². The van der Waals surface area contributed by atoms with Crippen LogP contribution in [-0.2, 0) is 4.74 Å². The number of benzene rings is 1. The van der Waals surface area contributed by atoms with Gasteiger partial charge >= 0.3 is 5.97 Å². The Morgan fingerprint density at radius 3 is 2.61 bits per heavy atom. The van der Waals surface area contributed by atoms with Gasteiger partial charge in [0, 0.05) is 5.88 Å². The molecule has 2 nitrogen and oxygen atoms in total. The summed E-state index contributed by atoms with van der Waals surface area (Å²) in [6.07, 6.45) is 3.48. The topological polar surface area (TPSA) is 26.3 Å². The maximum Gasteiger partial charge on any atom is 0.341 e. The van der Waals surface area contributed by atoms with Crippen LogP contribution in [0.4, 0.5) is 8.78 Å². The molecule has 0 heterocycles. The van der Waals surface area contributed by atoms with Crippen LogP contribution in [0.15, 0.2) is 18.2 Å². The van der Waals surface area contributed by atoms with Gasteiger partial charge < -0.3 is 4.74 Å². The molecule has 5 heteroatoms. The summed E-state index contributed by atoms with van der Waals surface area (Å²) in [5, 5.41) is 0. The van der Waals surface area contributed by atoms with E-state index in [1.54, 1.807) is 0 Å². The van der Waals surface area contributed by atoms with Gasteiger partial charge in [-0.15, -0.1) is 11.6 Å². The molecule has 0 radical (unpaired) electrons. The number of halogens is 3. The van der Waals surface area contributed by atoms with Crippen molar-refractivity contribution in [1.29, 1.82) is 0 Å². The monoisotopic (exact) mass is 276 g/mol. The van der Waals surface area contributed by atoms with Gasteiger partial charge in [0.1, 0.15) is 11.6 Å². The Balaban J connectivity index is 2.34. The molecule has 0 unspecified atom stereocenters. The van der Waals surface area contributed by atoms with Crippen molar-refractivity contribution in [3.63, 3.8) is 0 Å². The van der Waals surface area contributed by atoms with E-state index in [0.717, 1.165) is 37.5 Å². The number of alkyl halides is 1. The third kappa shape index (κ3) is 5.00. The van der Waals surface area contributed by atoms with Crippen LogP contribution >= 0.6 is 11.6 Å². The third-order valence-electron chi connectivity index (χ3n) is 2.41. The molecule has 1 rings (SSSR count). The molecular formula is C13H15ClF2O2. The van der Waals surface area contributed by atoms with E-state index in [1.165, 1.54) is 0 Å². The molecule has 0 aromatic heterocycles. The fourth-order valence-corrected chi connectivity index (χ4v) is 1.64. The van der Waals surface area contributed by atoms with Gasteiger partial charge in [0.15, 0.2) is 0 Å². The van der Waals surface area contributed by atoms with Gasteiger partial charge in [-0.1, -0.05) is 12.8 Å². The zero-order valence-electron chi connectivity index (χ0n) is 9.93. The molecule has 0 fully saturated rings. The standard InChI is InChI=1S/C13H15ClF2O2/c14-7-3-1-2-4-8-18-13(17)11-9-10(15)5-6-12(11)16/h5-6,9H,1-4,7-8H2. The lowest BCUT2D eigenvalue weighted by Gasteiger charge is -2.05. The Labute approximate surface area is 110 Å². The van der Waals surface area contributed by atoms with E-state index in [2.05, 4.69) is 0 Å². The van der Waals surface area contributed by atoms with Crippen molar-refractivity contribution in [2.24, 2.45) is 0 Å². The Morgan fingerprint density at radius 1 is 1.17 bits per heavy atom. The van der Waals surface area contributed by atoms with Crippen molar-refractivity contribution in [2.75, 3.05) is 12.5 Å². The van der Waals surface area contributed by atoms with Crippen molar-refractivity contribution in [3.05, 3.63) is 35.4 Å². The number of rotatable bonds is 7. The smallest absolute Gasteiger partial charge is 0.341 e. The van der Waals surface area contributed by atoms with Crippen LogP contribution in [0.2, 0.25) is 0 Å². The largest absolute Gasteiger partial charge is 0.462 e. The van der Waals surface area contributed by atoms with Crippen LogP contribution in [0.3, 0.4) is 0 Å². The van der Waals surface area contributed by atoms with Crippen molar-refractivity contribution in [1.82, 2.24) is 0 Å². The van der Waals surface area contributed by atoms with E-state index < -0.39 is 17.6 Å². The number of carbonyl (C=O) groups is 1. The highest BCUT2D eigenvalue weighted by atomic mass is 35.5. The average Bonchev–Trinajstić information content (AvgIpc) is 2.36. The average molecular weight is 277 g/mol. The summed E-state index contributed by atoms with van der Waals surface area (Å²) < 4.78 is 30.9. The molecule has 18 heavy (non-hydrogen) atoms. The fraction of sp³-hybridized carbons (Fsp3) is 0.462. The summed E-state index contributed by atoms with van der Waals surface area (Å²) in [5.41, 5.74) is -0.365. The van der Waals surface area contributed by atoms with Crippen LogP contribution in [0, 0.1) is 11.6 Å². The second-order valence-corrected chi connectivity index (χ2v) is 4.24. The maximum absolute atomic E-state index is 13.2. The summed E-state index contributed by atoms with van der Waals surface area (Å²) in [6, 6.07) is 2.70. The summed E-state index contributed by atoms with van der Waals surface area (Å²) in [6.45, 7) is 0.205. The van der Waals surface area contributed by atoms with E-state index >= 15 is 0 Å². The van der Waals surface area contributed by atoms with Crippen LogP contribution in [0.1, 0.15) is 36.0 Å². The first kappa shape index (κ1) is 14.9. The lowest BCUT2D eigenvalue weighted by molar-refractivity contribution is 0.0492. The van der Waals surface area contributed by atoms with Gasteiger partial charge in [-0.2, -0.15) is 0 Å². The molecule has 0 atom stereocenters. The SMILES string of the molecule is O=C(OCCCCCCCl)c1cc(F)ccc1F. The molecule has 0 bridgehead atoms. The fourth-order valence-electron chi connectivity index (χ4n) is 1.45. The molecule has 0 saturated carbocycles. The van der Waals surface area contributed by atoms with Crippen molar-refractivity contribution in [3.8, 4) is 0 Å². The van der Waals surface area contributed by atoms with Crippen molar-refractivity contribution in [2.45, 2.75) is 25.7 Å². The highest BCUT2D eigenvalue weighted by molar-refractivity contribution is 6.17. The van der Waals surface area contributed by atoms with Crippen LogP contribution in [0.25, 0.3) is 0 Å². The molecule has 0 N–H and O–H groups in total. The molecule has 0 spiro atoms. The minimum atomic E-state index is -0.829. The number of hydrogen-bond acceptors (Lipinski definition) is 2. The lowest BCUT2D eigenvalue weighted by Crippen LogP contribution is -2.09. The summed E-state index contributed by atoms with van der Waals surface area (Å²) in [7, 11) is 0. The Bertz CT molecular complexity index is 397. The van der Waals surface area contributed by atoms with Gasteiger partial charge in [-0.05, 0) is 31.0 Å². The number of unbranched alkanes of at least 4 members (excludes halogenated alkanes) is 3. The first-order valence-electron chi connectivity index (χ1n) is 5.83. The van der Waals surface area contributed by atoms with Crippen LogP contribution in [-0.4, -0.2) is 18.5 Å². The normalized spacial score (nSPS) is 10.4. The van der Waals surface area contributed by atoms with Crippen molar-refractivity contribution >= 4 is 17.6 Å². The number of hydrogen-bond donors (Lipinski definition) is 0. The highest BCUT2D eigenvalue weighted by Gasteiger charge is 2.13. The quantitative estimate of drug-likeness (QED) is 0.429. The minimum Gasteiger partial charge on any atom is -0.462 e. The maximum atomic E-state index is 13.2. The lowest BCUT2D eigenvalue weighted by atomic mass is 10.2. The van der Waals surface area contributed by atoms with Crippen LogP contribution in [0.5, 0.6) is 0 Å². The molecule has 0 amide bonds. The van der Waals surface area contributed by atoms with Crippen molar-refractivity contribution < 1.29 is 18.3 Å². The summed E-state index contributed by atoms with van der Waals surface area (Å²) in [5.74, 6) is -1.65. The number of carbonyl (C=O) groups excluding carboxylic acids is 1. The highest BCUT2D eigenvalue weighted by Crippen LogP contribution is 2.11. The van der Waals surface area contributed by atoms with Gasteiger partial charge in [-0.3, -0.25) is 0 Å². The molecule has 100 valence electrons. The van der Waals surface area contributed by atoms with E-state index in [-0.39, 0.29) is 12.2 Å². The zero-order valence-corrected chi connectivity index (χ0v) is 10.7. The molecule has 0 aliphatic carbocycles. The van der Waals surface area contributed by atoms with E-state index in [1.807, 2.05) is 0 Å². The molecule has 0 aliphatic rings. The Kier molecular flexibility index (Phi) is 6.65. The Morgan fingerprint density at radius 2 is 1.89 bits per heavy atom.